The highest BCUT2D eigenvalue weighted by Gasteiger charge is 2.29. The van der Waals surface area contributed by atoms with Crippen molar-refractivity contribution < 1.29 is 4.74 Å². The van der Waals surface area contributed by atoms with Crippen LogP contribution in [0.2, 0.25) is 0 Å². The van der Waals surface area contributed by atoms with Crippen molar-refractivity contribution in [2.45, 2.75) is 58.5 Å². The first-order chi connectivity index (χ1) is 8.48. The number of ether oxygens (including phenoxy) is 1. The maximum atomic E-state index is 5.29. The molecule has 1 unspecified atom stereocenters. The summed E-state index contributed by atoms with van der Waals surface area (Å²) in [5.41, 5.74) is 0.560. The average Bonchev–Trinajstić information content (AvgIpc) is 2.29. The summed E-state index contributed by atoms with van der Waals surface area (Å²) in [7, 11) is 4.05. The molecule has 0 bridgehead atoms. The Morgan fingerprint density at radius 2 is 1.94 bits per heavy atom. The summed E-state index contributed by atoms with van der Waals surface area (Å²) >= 11 is 0. The Morgan fingerprint density at radius 3 is 2.44 bits per heavy atom. The molecule has 0 spiro atoms. The molecule has 0 amide bonds. The summed E-state index contributed by atoms with van der Waals surface area (Å²) in [6.07, 6.45) is 5.40. The molecule has 3 nitrogen and oxygen atoms in total. The second-order valence-corrected chi connectivity index (χ2v) is 6.54. The Balaban J connectivity index is 2.37. The van der Waals surface area contributed by atoms with Crippen molar-refractivity contribution in [2.75, 3.05) is 33.9 Å². The van der Waals surface area contributed by atoms with E-state index in [-0.39, 0.29) is 0 Å². The Morgan fingerprint density at radius 1 is 1.33 bits per heavy atom. The maximum Gasteiger partial charge on any atom is 0.0628 e. The zero-order chi connectivity index (χ0) is 13.6. The number of nitrogens with one attached hydrogen (secondary N) is 1. The lowest BCUT2D eigenvalue weighted by Gasteiger charge is -2.39. The first kappa shape index (κ1) is 15.9. The second-order valence-electron chi connectivity index (χ2n) is 6.54. The van der Waals surface area contributed by atoms with Crippen LogP contribution in [0.3, 0.4) is 0 Å². The molecule has 108 valence electrons. The van der Waals surface area contributed by atoms with E-state index in [0.29, 0.717) is 11.5 Å². The molecule has 0 aromatic rings. The molecule has 1 fully saturated rings. The fourth-order valence-corrected chi connectivity index (χ4v) is 2.99. The third kappa shape index (κ3) is 5.25. The predicted molar refractivity (Wildman–Crippen MR) is 78.0 cm³/mol. The molecule has 3 heteroatoms. The number of methoxy groups -OCH3 is 1. The van der Waals surface area contributed by atoms with E-state index in [2.05, 4.69) is 38.0 Å². The van der Waals surface area contributed by atoms with Gasteiger partial charge < -0.3 is 15.0 Å². The van der Waals surface area contributed by atoms with Crippen LogP contribution in [0.15, 0.2) is 0 Å². The van der Waals surface area contributed by atoms with Crippen molar-refractivity contribution >= 4 is 0 Å². The first-order valence-corrected chi connectivity index (χ1v) is 7.41. The number of nitrogens with zero attached hydrogens (tertiary/aromatic N) is 1. The van der Waals surface area contributed by atoms with Gasteiger partial charge in [0.25, 0.3) is 0 Å². The van der Waals surface area contributed by atoms with E-state index >= 15 is 0 Å². The Labute approximate surface area is 113 Å². The smallest absolute Gasteiger partial charge is 0.0628 e. The summed E-state index contributed by atoms with van der Waals surface area (Å²) in [6.45, 7) is 9.86. The highest BCUT2D eigenvalue weighted by molar-refractivity contribution is 4.84. The predicted octanol–water partition coefficient (Wildman–Crippen LogP) is 2.51. The maximum absolute atomic E-state index is 5.29. The summed E-state index contributed by atoms with van der Waals surface area (Å²) < 4.78 is 5.29. The molecule has 0 heterocycles. The van der Waals surface area contributed by atoms with Crippen molar-refractivity contribution in [3.63, 3.8) is 0 Å². The van der Waals surface area contributed by atoms with Gasteiger partial charge in [-0.2, -0.15) is 0 Å². The topological polar surface area (TPSA) is 24.5 Å². The molecule has 0 saturated heterocycles. The summed E-state index contributed by atoms with van der Waals surface area (Å²) in [4.78, 5) is 2.53. The number of hydrogen-bond donors (Lipinski definition) is 1. The average molecular weight is 256 g/mol. The van der Waals surface area contributed by atoms with E-state index in [1.807, 2.05) is 0 Å². The quantitative estimate of drug-likeness (QED) is 0.757. The van der Waals surface area contributed by atoms with Crippen LogP contribution in [0, 0.1) is 5.41 Å². The molecular weight excluding hydrogens is 224 g/mol. The van der Waals surface area contributed by atoms with Crippen LogP contribution >= 0.6 is 0 Å². The zero-order valence-electron chi connectivity index (χ0n) is 13.0. The largest absolute Gasteiger partial charge is 0.383 e. The van der Waals surface area contributed by atoms with Crippen LogP contribution in [-0.2, 0) is 4.74 Å². The molecule has 1 aliphatic carbocycles. The summed E-state index contributed by atoms with van der Waals surface area (Å²) in [5, 5.41) is 3.50. The third-order valence-electron chi connectivity index (χ3n) is 4.30. The minimum absolute atomic E-state index is 0.458. The molecule has 1 rings (SSSR count). The summed E-state index contributed by atoms with van der Waals surface area (Å²) in [5.74, 6) is 0. The van der Waals surface area contributed by atoms with E-state index in [1.165, 1.54) is 25.7 Å². The SMILES string of the molecule is CCNC(COC)CN(C)C1CCC(C)(C)CC1. The molecule has 0 aliphatic heterocycles. The molecule has 1 atom stereocenters. The van der Waals surface area contributed by atoms with Crippen molar-refractivity contribution in [1.82, 2.24) is 10.2 Å². The Kier molecular flexibility index (Phi) is 6.61. The zero-order valence-corrected chi connectivity index (χ0v) is 13.0. The van der Waals surface area contributed by atoms with Gasteiger partial charge in [-0.1, -0.05) is 20.8 Å². The van der Waals surface area contributed by atoms with Crippen molar-refractivity contribution in [1.29, 1.82) is 0 Å². The molecule has 1 aliphatic rings. The molecule has 18 heavy (non-hydrogen) atoms. The number of hydrogen-bond acceptors (Lipinski definition) is 3. The van der Waals surface area contributed by atoms with Gasteiger partial charge in [0.05, 0.1) is 6.61 Å². The van der Waals surface area contributed by atoms with Crippen LogP contribution < -0.4 is 5.32 Å². The fraction of sp³-hybridized carbons (Fsp3) is 1.00. The monoisotopic (exact) mass is 256 g/mol. The van der Waals surface area contributed by atoms with Gasteiger partial charge in [0.1, 0.15) is 0 Å². The highest BCUT2D eigenvalue weighted by atomic mass is 16.5. The van der Waals surface area contributed by atoms with Crippen LogP contribution in [0.1, 0.15) is 46.5 Å². The van der Waals surface area contributed by atoms with Gasteiger partial charge in [0, 0.05) is 25.7 Å². The van der Waals surface area contributed by atoms with Crippen LogP contribution in [0.4, 0.5) is 0 Å². The van der Waals surface area contributed by atoms with Crippen molar-refractivity contribution in [2.24, 2.45) is 5.41 Å². The lowest BCUT2D eigenvalue weighted by Crippen LogP contribution is -2.47. The summed E-state index contributed by atoms with van der Waals surface area (Å²) in [6, 6.07) is 1.22. The van der Waals surface area contributed by atoms with Crippen LogP contribution in [0.5, 0.6) is 0 Å². The standard InChI is InChI=1S/C15H32N2O/c1-6-16-13(12-18-5)11-17(4)14-7-9-15(2,3)10-8-14/h13-14,16H,6-12H2,1-5H3. The van der Waals surface area contributed by atoms with Gasteiger partial charge in [-0.15, -0.1) is 0 Å². The molecule has 0 aromatic carbocycles. The van der Waals surface area contributed by atoms with E-state index in [0.717, 1.165) is 25.7 Å². The first-order valence-electron chi connectivity index (χ1n) is 7.41. The van der Waals surface area contributed by atoms with Gasteiger partial charge in [0.2, 0.25) is 0 Å². The lowest BCUT2D eigenvalue weighted by atomic mass is 9.75. The van der Waals surface area contributed by atoms with Gasteiger partial charge in [-0.05, 0) is 44.7 Å². The van der Waals surface area contributed by atoms with Gasteiger partial charge in [-0.25, -0.2) is 0 Å². The lowest BCUT2D eigenvalue weighted by molar-refractivity contribution is 0.0971. The molecule has 0 aromatic heterocycles. The highest BCUT2D eigenvalue weighted by Crippen LogP contribution is 2.36. The minimum atomic E-state index is 0.458. The number of likely N-dealkylation sites (N-methyl/N-ethyl adjacent to an activating group) is 2. The second kappa shape index (κ2) is 7.46. The van der Waals surface area contributed by atoms with E-state index in [9.17, 15) is 0 Å². The van der Waals surface area contributed by atoms with Crippen LogP contribution in [0.25, 0.3) is 0 Å². The molecule has 0 radical (unpaired) electrons. The van der Waals surface area contributed by atoms with Gasteiger partial charge in [0.15, 0.2) is 0 Å². The van der Waals surface area contributed by atoms with Gasteiger partial charge in [-0.3, -0.25) is 0 Å². The Bertz CT molecular complexity index is 215. The van der Waals surface area contributed by atoms with Crippen molar-refractivity contribution in [3.05, 3.63) is 0 Å². The fourth-order valence-electron chi connectivity index (χ4n) is 2.99. The third-order valence-corrected chi connectivity index (χ3v) is 4.30. The minimum Gasteiger partial charge on any atom is -0.383 e. The van der Waals surface area contributed by atoms with E-state index in [4.69, 9.17) is 4.74 Å². The normalized spacial score (nSPS) is 22.3. The Hall–Kier alpha value is -0.120. The van der Waals surface area contributed by atoms with E-state index < -0.39 is 0 Å². The van der Waals surface area contributed by atoms with E-state index in [1.54, 1.807) is 7.11 Å². The van der Waals surface area contributed by atoms with Crippen molar-refractivity contribution in [3.8, 4) is 0 Å². The molecular formula is C15H32N2O. The van der Waals surface area contributed by atoms with Gasteiger partial charge >= 0.3 is 0 Å². The number of rotatable bonds is 7. The molecule has 1 saturated carbocycles. The van der Waals surface area contributed by atoms with Crippen LogP contribution in [-0.4, -0.2) is 50.8 Å². The molecule has 1 N–H and O–H groups in total.